The molecule has 20 heavy (non-hydrogen) atoms. The van der Waals surface area contributed by atoms with Gasteiger partial charge in [0, 0.05) is 23.5 Å². The molecular formula is C16H24N2OS. The molecule has 0 bridgehead atoms. The van der Waals surface area contributed by atoms with Gasteiger partial charge < -0.3 is 10.2 Å². The highest BCUT2D eigenvalue weighted by molar-refractivity contribution is 8.00. The topological polar surface area (TPSA) is 32.3 Å². The summed E-state index contributed by atoms with van der Waals surface area (Å²) in [7, 11) is 1.96. The van der Waals surface area contributed by atoms with Crippen LogP contribution in [0, 0.1) is 0 Å². The maximum Gasteiger partial charge on any atom is 0.233 e. The Hall–Kier alpha value is -1.00. The quantitative estimate of drug-likeness (QED) is 0.784. The van der Waals surface area contributed by atoms with Gasteiger partial charge in [-0.1, -0.05) is 12.1 Å². The highest BCUT2D eigenvalue weighted by Gasteiger charge is 2.30. The van der Waals surface area contributed by atoms with Crippen molar-refractivity contribution in [2.75, 3.05) is 19.3 Å². The lowest BCUT2D eigenvalue weighted by Crippen LogP contribution is -2.34. The van der Waals surface area contributed by atoms with Gasteiger partial charge >= 0.3 is 0 Å². The van der Waals surface area contributed by atoms with Crippen molar-refractivity contribution in [1.82, 2.24) is 10.2 Å². The highest BCUT2D eigenvalue weighted by Crippen LogP contribution is 2.28. The molecule has 0 radical (unpaired) electrons. The van der Waals surface area contributed by atoms with Crippen molar-refractivity contribution in [3.05, 3.63) is 29.8 Å². The minimum absolute atomic E-state index is 0.270. The monoisotopic (exact) mass is 292 g/mol. The van der Waals surface area contributed by atoms with E-state index in [0.717, 1.165) is 6.54 Å². The molecule has 0 aliphatic heterocycles. The van der Waals surface area contributed by atoms with Gasteiger partial charge in [0.1, 0.15) is 0 Å². The number of rotatable bonds is 7. The van der Waals surface area contributed by atoms with E-state index in [1.54, 1.807) is 11.8 Å². The summed E-state index contributed by atoms with van der Waals surface area (Å²) < 4.78 is 0. The third kappa shape index (κ3) is 4.00. The average Bonchev–Trinajstić information content (AvgIpc) is 3.30. The van der Waals surface area contributed by atoms with Gasteiger partial charge in [-0.2, -0.15) is 0 Å². The largest absolute Gasteiger partial charge is 0.339 e. The number of amides is 1. The molecule has 2 rings (SSSR count). The second-order valence-corrected chi connectivity index (χ2v) is 6.33. The lowest BCUT2D eigenvalue weighted by molar-refractivity contribution is -0.128. The van der Waals surface area contributed by atoms with E-state index in [2.05, 4.69) is 43.4 Å². The minimum atomic E-state index is 0.270. The van der Waals surface area contributed by atoms with Crippen LogP contribution in [0.3, 0.4) is 0 Å². The summed E-state index contributed by atoms with van der Waals surface area (Å²) in [6.45, 7) is 5.04. The number of hydrogen-bond acceptors (Lipinski definition) is 3. The van der Waals surface area contributed by atoms with Crippen molar-refractivity contribution in [1.29, 1.82) is 0 Å². The van der Waals surface area contributed by atoms with Crippen molar-refractivity contribution in [3.63, 3.8) is 0 Å². The maximum absolute atomic E-state index is 12.2. The number of carbonyl (C=O) groups is 1. The minimum Gasteiger partial charge on any atom is -0.339 e. The second kappa shape index (κ2) is 7.14. The first kappa shape index (κ1) is 15.4. The van der Waals surface area contributed by atoms with Crippen LogP contribution in [0.25, 0.3) is 0 Å². The molecule has 1 unspecified atom stereocenters. The number of carbonyl (C=O) groups excluding carboxylic acids is 1. The molecule has 0 heterocycles. The summed E-state index contributed by atoms with van der Waals surface area (Å²) >= 11 is 1.64. The fraction of sp³-hybridized carbons (Fsp3) is 0.562. The van der Waals surface area contributed by atoms with Gasteiger partial charge in [0.25, 0.3) is 0 Å². The van der Waals surface area contributed by atoms with Crippen LogP contribution in [0.15, 0.2) is 29.2 Å². The molecule has 4 heteroatoms. The van der Waals surface area contributed by atoms with E-state index in [1.807, 2.05) is 11.9 Å². The van der Waals surface area contributed by atoms with Crippen LogP contribution >= 0.6 is 11.8 Å². The number of hydrogen-bond donors (Lipinski definition) is 1. The van der Waals surface area contributed by atoms with Crippen LogP contribution in [0.2, 0.25) is 0 Å². The summed E-state index contributed by atoms with van der Waals surface area (Å²) in [6.07, 6.45) is 2.36. The van der Waals surface area contributed by atoms with Gasteiger partial charge in [-0.15, -0.1) is 11.8 Å². The summed E-state index contributed by atoms with van der Waals surface area (Å²) in [5.74, 6) is 0.814. The zero-order chi connectivity index (χ0) is 14.5. The zero-order valence-corrected chi connectivity index (χ0v) is 13.4. The molecule has 3 nitrogen and oxygen atoms in total. The van der Waals surface area contributed by atoms with Crippen molar-refractivity contribution < 1.29 is 4.79 Å². The molecule has 1 aliphatic carbocycles. The molecule has 1 fully saturated rings. The predicted molar refractivity (Wildman–Crippen MR) is 85.0 cm³/mol. The molecule has 1 aliphatic rings. The fourth-order valence-electron chi connectivity index (χ4n) is 2.29. The van der Waals surface area contributed by atoms with E-state index in [0.29, 0.717) is 17.8 Å². The highest BCUT2D eigenvalue weighted by atomic mass is 32.2. The van der Waals surface area contributed by atoms with Crippen LogP contribution in [0.5, 0.6) is 0 Å². The van der Waals surface area contributed by atoms with Gasteiger partial charge in [0.2, 0.25) is 5.91 Å². The third-order valence-corrected chi connectivity index (χ3v) is 4.78. The Morgan fingerprint density at radius 2 is 2.25 bits per heavy atom. The third-order valence-electron chi connectivity index (χ3n) is 3.80. The van der Waals surface area contributed by atoms with Crippen LogP contribution in [0.4, 0.5) is 0 Å². The van der Waals surface area contributed by atoms with E-state index in [1.165, 1.54) is 23.3 Å². The van der Waals surface area contributed by atoms with Gasteiger partial charge in [0.05, 0.1) is 5.75 Å². The Labute approximate surface area is 126 Å². The van der Waals surface area contributed by atoms with Gasteiger partial charge in [0.15, 0.2) is 0 Å². The first-order chi connectivity index (χ1) is 9.65. The van der Waals surface area contributed by atoms with Crippen molar-refractivity contribution in [2.45, 2.75) is 43.7 Å². The molecule has 0 spiro atoms. The molecule has 110 valence electrons. The average molecular weight is 292 g/mol. The normalized spacial score (nSPS) is 15.9. The molecule has 1 aromatic rings. The molecule has 1 N–H and O–H groups in total. The molecule has 1 atom stereocenters. The molecule has 0 saturated heterocycles. The van der Waals surface area contributed by atoms with Crippen LogP contribution in [0.1, 0.15) is 38.3 Å². The lowest BCUT2D eigenvalue weighted by Gasteiger charge is -2.20. The van der Waals surface area contributed by atoms with Gasteiger partial charge in [-0.3, -0.25) is 4.79 Å². The zero-order valence-electron chi connectivity index (χ0n) is 12.6. The standard InChI is InChI=1S/C16H24N2OS/c1-4-18(14-8-9-14)16(19)11-20-15-7-5-6-13(10-15)12(2)17-3/h5-7,10,12,14,17H,4,8-9,11H2,1-3H3. The smallest absolute Gasteiger partial charge is 0.233 e. The molecule has 0 aromatic heterocycles. The van der Waals surface area contributed by atoms with E-state index < -0.39 is 0 Å². The molecule has 1 aromatic carbocycles. The lowest BCUT2D eigenvalue weighted by atomic mass is 10.1. The van der Waals surface area contributed by atoms with Crippen LogP contribution < -0.4 is 5.32 Å². The maximum atomic E-state index is 12.2. The fourth-order valence-corrected chi connectivity index (χ4v) is 3.14. The van der Waals surface area contributed by atoms with Gasteiger partial charge in [-0.05, 0) is 51.4 Å². The van der Waals surface area contributed by atoms with E-state index in [9.17, 15) is 4.79 Å². The Bertz CT molecular complexity index is 460. The second-order valence-electron chi connectivity index (χ2n) is 5.28. The van der Waals surface area contributed by atoms with E-state index in [4.69, 9.17) is 0 Å². The van der Waals surface area contributed by atoms with E-state index in [-0.39, 0.29) is 5.91 Å². The Morgan fingerprint density at radius 3 is 2.85 bits per heavy atom. The number of benzene rings is 1. The summed E-state index contributed by atoms with van der Waals surface area (Å²) in [5.41, 5.74) is 1.26. The number of nitrogens with one attached hydrogen (secondary N) is 1. The number of nitrogens with zero attached hydrogens (tertiary/aromatic N) is 1. The Kier molecular flexibility index (Phi) is 5.49. The van der Waals surface area contributed by atoms with Gasteiger partial charge in [-0.25, -0.2) is 0 Å². The molecule has 1 saturated carbocycles. The van der Waals surface area contributed by atoms with Crippen LogP contribution in [-0.2, 0) is 4.79 Å². The molecule has 1 amide bonds. The van der Waals surface area contributed by atoms with Crippen molar-refractivity contribution in [3.8, 4) is 0 Å². The summed E-state index contributed by atoms with van der Waals surface area (Å²) in [5, 5.41) is 3.24. The first-order valence-corrected chi connectivity index (χ1v) is 8.33. The Balaban J connectivity index is 1.91. The SMILES string of the molecule is CCN(C(=O)CSc1cccc(C(C)NC)c1)C1CC1. The summed E-state index contributed by atoms with van der Waals surface area (Å²) in [4.78, 5) is 15.4. The predicted octanol–water partition coefficient (Wildman–Crippen LogP) is 3.07. The van der Waals surface area contributed by atoms with Crippen molar-refractivity contribution >= 4 is 17.7 Å². The Morgan fingerprint density at radius 1 is 1.50 bits per heavy atom. The molecular weight excluding hydrogens is 268 g/mol. The summed E-state index contributed by atoms with van der Waals surface area (Å²) in [6, 6.07) is 9.29. The van der Waals surface area contributed by atoms with E-state index >= 15 is 0 Å². The van der Waals surface area contributed by atoms with Crippen molar-refractivity contribution in [2.24, 2.45) is 0 Å². The first-order valence-electron chi connectivity index (χ1n) is 7.35. The number of thioether (sulfide) groups is 1. The van der Waals surface area contributed by atoms with Crippen LogP contribution in [-0.4, -0.2) is 36.2 Å².